The smallest absolute Gasteiger partial charge is 0.252 e. The van der Waals surface area contributed by atoms with Crippen LogP contribution >= 0.6 is 0 Å². The van der Waals surface area contributed by atoms with Crippen molar-refractivity contribution < 1.29 is 24.0 Å². The van der Waals surface area contributed by atoms with Gasteiger partial charge in [0, 0.05) is 24.2 Å². The molecule has 0 bridgehead atoms. The molecule has 0 aliphatic heterocycles. The molecule has 0 atom stereocenters. The van der Waals surface area contributed by atoms with Crippen LogP contribution in [-0.2, 0) is 0 Å². The van der Waals surface area contributed by atoms with E-state index in [1.807, 2.05) is 0 Å². The van der Waals surface area contributed by atoms with E-state index in [-0.39, 0.29) is 33.4 Å². The van der Waals surface area contributed by atoms with Crippen LogP contribution in [0.1, 0.15) is 251 Å². The molecule has 0 spiro atoms. The minimum atomic E-state index is -0.839. The highest BCUT2D eigenvalue weighted by Crippen LogP contribution is 2.20. The molecule has 2 aromatic rings. The maximum absolute atomic E-state index is 13.5. The Hall–Kier alpha value is -4.53. The molecule has 0 saturated carbocycles. The van der Waals surface area contributed by atoms with E-state index >= 15 is 0 Å². The van der Waals surface area contributed by atoms with Crippen LogP contribution in [0.2, 0.25) is 0 Å². The monoisotopic (exact) mass is 855 g/mol. The van der Waals surface area contributed by atoms with Crippen LogP contribution in [-0.4, -0.2) is 42.5 Å². The molecule has 0 radical (unpaired) electrons. The summed E-state index contributed by atoms with van der Waals surface area (Å²) >= 11 is 0. The van der Waals surface area contributed by atoms with Gasteiger partial charge >= 0.3 is 0 Å². The zero-order chi connectivity index (χ0) is 45.0. The van der Waals surface area contributed by atoms with E-state index < -0.39 is 29.4 Å². The molecule has 0 unspecified atom stereocenters. The molecule has 0 aliphatic carbocycles. The summed E-state index contributed by atoms with van der Waals surface area (Å²) in [6, 6.07) is 8.32. The number of hydrogen-bond donors (Lipinski definition) is 4. The average molecular weight is 855 g/mol. The maximum Gasteiger partial charge on any atom is 0.252 e. The molecular formula is C53H82N4O5. The summed E-state index contributed by atoms with van der Waals surface area (Å²) in [4.78, 5) is 64.4. The lowest BCUT2D eigenvalue weighted by atomic mass is 9.94. The summed E-state index contributed by atoms with van der Waals surface area (Å²) in [5.74, 6) is -3.06. The van der Waals surface area contributed by atoms with Gasteiger partial charge in [-0.05, 0) is 88.5 Å². The molecule has 0 aromatic heterocycles. The number of carbonyl (C=O) groups excluding carboxylic acids is 5. The largest absolute Gasteiger partial charge is 0.366 e. The van der Waals surface area contributed by atoms with Gasteiger partial charge in [0.2, 0.25) is 11.8 Å². The Morgan fingerprint density at radius 1 is 0.403 bits per heavy atom. The first-order chi connectivity index (χ1) is 30.2. The van der Waals surface area contributed by atoms with E-state index in [2.05, 4.69) is 48.8 Å². The van der Waals surface area contributed by atoms with Gasteiger partial charge in [-0.15, -0.1) is 0 Å². The number of nitrogens with one attached hydrogen (secondary N) is 2. The molecule has 2 aromatic carbocycles. The summed E-state index contributed by atoms with van der Waals surface area (Å²) in [6.07, 6.45) is 42.9. The van der Waals surface area contributed by atoms with Gasteiger partial charge < -0.3 is 22.1 Å². The van der Waals surface area contributed by atoms with Crippen LogP contribution < -0.4 is 22.1 Å². The molecule has 62 heavy (non-hydrogen) atoms. The van der Waals surface area contributed by atoms with Gasteiger partial charge in [0.25, 0.3) is 11.8 Å². The van der Waals surface area contributed by atoms with E-state index in [1.165, 1.54) is 152 Å². The number of rotatable bonds is 38. The fourth-order valence-electron chi connectivity index (χ4n) is 7.68. The van der Waals surface area contributed by atoms with Gasteiger partial charge in [0.1, 0.15) is 0 Å². The highest BCUT2D eigenvalue weighted by atomic mass is 16.2. The predicted octanol–water partition coefficient (Wildman–Crippen LogP) is 12.6. The fourth-order valence-corrected chi connectivity index (χ4v) is 7.68. The van der Waals surface area contributed by atoms with Crippen molar-refractivity contribution in [3.63, 3.8) is 0 Å². The van der Waals surface area contributed by atoms with Gasteiger partial charge in [-0.25, -0.2) is 0 Å². The Balaban J connectivity index is 1.73. The van der Waals surface area contributed by atoms with Gasteiger partial charge in [-0.1, -0.05) is 166 Å². The summed E-state index contributed by atoms with van der Waals surface area (Å²) < 4.78 is 0. The molecule has 0 fully saturated rings. The number of carbonyl (C=O) groups is 5. The molecule has 4 amide bonds. The molecule has 9 nitrogen and oxygen atoms in total. The minimum Gasteiger partial charge on any atom is -0.366 e. The van der Waals surface area contributed by atoms with E-state index in [0.717, 1.165) is 64.2 Å². The third-order valence-corrected chi connectivity index (χ3v) is 11.5. The molecule has 0 saturated heterocycles. The van der Waals surface area contributed by atoms with Crippen LogP contribution in [0.15, 0.2) is 60.7 Å². The molecule has 9 heteroatoms. The molecule has 6 N–H and O–H groups in total. The van der Waals surface area contributed by atoms with Gasteiger partial charge in [-0.3, -0.25) is 24.0 Å². The lowest BCUT2D eigenvalue weighted by Gasteiger charge is -2.12. The van der Waals surface area contributed by atoms with Crippen LogP contribution in [0.25, 0.3) is 0 Å². The van der Waals surface area contributed by atoms with Crippen molar-refractivity contribution in [1.29, 1.82) is 0 Å². The van der Waals surface area contributed by atoms with Crippen molar-refractivity contribution in [2.24, 2.45) is 11.5 Å². The van der Waals surface area contributed by atoms with Gasteiger partial charge in [0.15, 0.2) is 5.78 Å². The van der Waals surface area contributed by atoms with E-state index in [0.29, 0.717) is 13.1 Å². The van der Waals surface area contributed by atoms with Crippen molar-refractivity contribution in [2.45, 2.75) is 194 Å². The Bertz CT molecular complexity index is 1550. The Kier molecular flexibility index (Phi) is 30.3. The third-order valence-electron chi connectivity index (χ3n) is 11.5. The first kappa shape index (κ1) is 53.6. The molecule has 0 heterocycles. The third kappa shape index (κ3) is 23.6. The van der Waals surface area contributed by atoms with Gasteiger partial charge in [0.05, 0.1) is 22.3 Å². The van der Waals surface area contributed by atoms with Crippen LogP contribution in [0.3, 0.4) is 0 Å². The van der Waals surface area contributed by atoms with Gasteiger partial charge in [-0.2, -0.15) is 0 Å². The zero-order valence-corrected chi connectivity index (χ0v) is 38.7. The van der Waals surface area contributed by atoms with E-state index in [1.54, 1.807) is 0 Å². The number of unbranched alkanes of at least 4 members (excludes halogenated alkanes) is 24. The number of hydrogen-bond acceptors (Lipinski definition) is 5. The standard InChI is InChI=1S/C53H82N4O5/c1-3-5-7-9-11-13-15-17-19-21-23-25-27-29-31-33-39-56-52(61)45-37-35-43(41-47(45)50(54)59)49(58)44-36-38-46(48(42-44)51(55)60)53(62)57-40-34-32-30-28-26-24-22-20-18-16-14-12-10-8-6-4-2/h17-20,35-38,41-42H,3-16,21-34,39-40H2,1-2H3,(H2,54,59)(H2,55,60)(H,56,61)(H,57,62)/b19-17-,20-18-. The second-order valence-electron chi connectivity index (χ2n) is 17.0. The van der Waals surface area contributed by atoms with Crippen LogP contribution in [0.4, 0.5) is 0 Å². The Morgan fingerprint density at radius 2 is 0.694 bits per heavy atom. The zero-order valence-electron chi connectivity index (χ0n) is 38.7. The molecule has 2 rings (SSSR count). The fraction of sp³-hybridized carbons (Fsp3) is 0.604. The Morgan fingerprint density at radius 3 is 1.00 bits per heavy atom. The first-order valence-corrected chi connectivity index (χ1v) is 24.5. The average Bonchev–Trinajstić information content (AvgIpc) is 3.27. The molecule has 0 aliphatic rings. The summed E-state index contributed by atoms with van der Waals surface area (Å²) in [6.45, 7) is 5.43. The highest BCUT2D eigenvalue weighted by molar-refractivity contribution is 6.15. The molecular weight excluding hydrogens is 773 g/mol. The lowest BCUT2D eigenvalue weighted by Crippen LogP contribution is -2.28. The quantitative estimate of drug-likeness (QED) is 0.0300. The number of allylic oxidation sites excluding steroid dienone is 4. The second kappa shape index (κ2) is 35.0. The number of primary amides is 2. The number of ketones is 1. The van der Waals surface area contributed by atoms with Crippen molar-refractivity contribution in [3.8, 4) is 0 Å². The van der Waals surface area contributed by atoms with E-state index in [4.69, 9.17) is 11.5 Å². The van der Waals surface area contributed by atoms with Crippen molar-refractivity contribution >= 4 is 29.4 Å². The summed E-state index contributed by atoms with van der Waals surface area (Å²) in [5, 5.41) is 5.75. The number of amides is 4. The normalized spacial score (nSPS) is 11.4. The van der Waals surface area contributed by atoms with Crippen molar-refractivity contribution in [3.05, 3.63) is 94.1 Å². The molecule has 344 valence electrons. The minimum absolute atomic E-state index is 0.0771. The predicted molar refractivity (Wildman–Crippen MR) is 257 cm³/mol. The summed E-state index contributed by atoms with van der Waals surface area (Å²) in [7, 11) is 0. The van der Waals surface area contributed by atoms with Crippen LogP contribution in [0, 0.1) is 0 Å². The van der Waals surface area contributed by atoms with E-state index in [9.17, 15) is 24.0 Å². The first-order valence-electron chi connectivity index (χ1n) is 24.5. The summed E-state index contributed by atoms with van der Waals surface area (Å²) in [5.41, 5.74) is 11.5. The number of nitrogens with two attached hydrogens (primary N) is 2. The lowest BCUT2D eigenvalue weighted by molar-refractivity contribution is 0.0933. The maximum atomic E-state index is 13.5. The van der Waals surface area contributed by atoms with Crippen LogP contribution in [0.5, 0.6) is 0 Å². The van der Waals surface area contributed by atoms with Crippen molar-refractivity contribution in [1.82, 2.24) is 10.6 Å². The van der Waals surface area contributed by atoms with Crippen molar-refractivity contribution in [2.75, 3.05) is 13.1 Å². The SMILES string of the molecule is CCCCCCCC/C=C\CCCCCCCCNC(=O)c1ccc(C(=O)c2ccc(C(=O)NCCCCCCCC/C=C\CCCCCCCC)c(C(N)=O)c2)cc1C(N)=O. The second-order valence-corrected chi connectivity index (χ2v) is 17.0. The topological polar surface area (TPSA) is 161 Å². The number of benzene rings is 2. The highest BCUT2D eigenvalue weighted by Gasteiger charge is 2.22. The Labute approximate surface area is 375 Å².